The summed E-state index contributed by atoms with van der Waals surface area (Å²) in [6.45, 7) is 0. The first-order chi connectivity index (χ1) is 11.4. The molecule has 2 aromatic carbocycles. The van der Waals surface area contributed by atoms with Gasteiger partial charge in [0.25, 0.3) is 0 Å². The van der Waals surface area contributed by atoms with Gasteiger partial charge in [0.1, 0.15) is 0 Å². The largest absolute Gasteiger partial charge is 0.0616 e. The minimum Gasteiger partial charge on any atom is -0.0616 e. The van der Waals surface area contributed by atoms with Gasteiger partial charge in [-0.05, 0) is 49.6 Å². The van der Waals surface area contributed by atoms with E-state index in [0.29, 0.717) is 0 Å². The van der Waals surface area contributed by atoms with E-state index in [1.165, 1.54) is 27.3 Å². The number of allylic oxidation sites excluding steroid dienone is 4. The van der Waals surface area contributed by atoms with Crippen LogP contribution in [0.2, 0.25) is 0 Å². The van der Waals surface area contributed by atoms with E-state index in [9.17, 15) is 0 Å². The average molecular weight is 290 g/mol. The summed E-state index contributed by atoms with van der Waals surface area (Å²) in [4.78, 5) is 0. The predicted molar refractivity (Wildman–Crippen MR) is 92.8 cm³/mol. The maximum absolute atomic E-state index is 2.41. The van der Waals surface area contributed by atoms with E-state index in [4.69, 9.17) is 0 Å². The summed E-state index contributed by atoms with van der Waals surface area (Å²) in [5.41, 5.74) is 6.68. The summed E-state index contributed by atoms with van der Waals surface area (Å²) in [7, 11) is 0. The molecule has 0 heterocycles. The zero-order valence-corrected chi connectivity index (χ0v) is 12.6. The Hall–Kier alpha value is -2.60. The van der Waals surface area contributed by atoms with Crippen LogP contribution in [0.5, 0.6) is 0 Å². The maximum Gasteiger partial charge on any atom is 0.0365 e. The molecule has 1 fully saturated rings. The van der Waals surface area contributed by atoms with Crippen LogP contribution < -0.4 is 20.9 Å². The van der Waals surface area contributed by atoms with Crippen LogP contribution in [0.25, 0.3) is 22.3 Å². The molecule has 2 spiro atoms. The first-order valence-electron chi connectivity index (χ1n) is 8.43. The summed E-state index contributed by atoms with van der Waals surface area (Å²) >= 11 is 0. The molecular weight excluding hydrogens is 276 g/mol. The lowest BCUT2D eigenvalue weighted by atomic mass is 9.70. The highest BCUT2D eigenvalue weighted by Gasteiger charge is 2.76. The van der Waals surface area contributed by atoms with E-state index in [1.807, 2.05) is 0 Å². The highest BCUT2D eigenvalue weighted by molar-refractivity contribution is 6.09. The van der Waals surface area contributed by atoms with E-state index in [1.54, 1.807) is 22.3 Å². The third kappa shape index (κ3) is 0.865. The van der Waals surface area contributed by atoms with Crippen molar-refractivity contribution in [3.63, 3.8) is 0 Å². The van der Waals surface area contributed by atoms with Gasteiger partial charge in [-0.25, -0.2) is 0 Å². The molecule has 23 heavy (non-hydrogen) atoms. The molecule has 106 valence electrons. The van der Waals surface area contributed by atoms with Gasteiger partial charge in [-0.2, -0.15) is 0 Å². The second-order valence-electron chi connectivity index (χ2n) is 7.40. The Labute approximate surface area is 133 Å². The Bertz CT molecular complexity index is 1090. The maximum atomic E-state index is 2.41. The van der Waals surface area contributed by atoms with Gasteiger partial charge in [0, 0.05) is 10.8 Å². The normalized spacial score (nSPS) is 32.7. The van der Waals surface area contributed by atoms with Crippen LogP contribution in [-0.2, 0) is 0 Å². The highest BCUT2D eigenvalue weighted by Crippen LogP contribution is 2.83. The SMILES string of the molecule is C1=CC2=c3ccccc3=C3C=CC4=c5ccccc5=C1C41CC231. The molecule has 5 aliphatic carbocycles. The molecule has 0 aromatic heterocycles. The van der Waals surface area contributed by atoms with E-state index >= 15 is 0 Å². The molecule has 1 saturated carbocycles. The average Bonchev–Trinajstić information content (AvgIpc) is 3.16. The first-order valence-corrected chi connectivity index (χ1v) is 8.43. The lowest BCUT2D eigenvalue weighted by Gasteiger charge is -2.32. The number of benzene rings is 2. The van der Waals surface area contributed by atoms with Crippen molar-refractivity contribution in [2.75, 3.05) is 0 Å². The smallest absolute Gasteiger partial charge is 0.0365 e. The van der Waals surface area contributed by atoms with Crippen LogP contribution in [0.4, 0.5) is 0 Å². The van der Waals surface area contributed by atoms with Crippen molar-refractivity contribution in [2.45, 2.75) is 6.42 Å². The Morgan fingerprint density at radius 2 is 0.783 bits per heavy atom. The Balaban J connectivity index is 1.81. The van der Waals surface area contributed by atoms with Gasteiger partial charge in [0.05, 0.1) is 0 Å². The molecule has 0 amide bonds. The Kier molecular flexibility index (Phi) is 1.46. The Morgan fingerprint density at radius 1 is 0.478 bits per heavy atom. The van der Waals surface area contributed by atoms with Gasteiger partial charge < -0.3 is 0 Å². The minimum atomic E-state index is 0.226. The van der Waals surface area contributed by atoms with Crippen molar-refractivity contribution in [2.24, 2.45) is 10.8 Å². The third-order valence-electron chi connectivity index (χ3n) is 6.82. The fourth-order valence-corrected chi connectivity index (χ4v) is 6.03. The molecule has 0 nitrogen and oxygen atoms in total. The topological polar surface area (TPSA) is 0 Å². The number of rotatable bonds is 0. The Morgan fingerprint density at radius 3 is 1.09 bits per heavy atom. The molecule has 0 bridgehead atoms. The summed E-state index contributed by atoms with van der Waals surface area (Å²) in [6, 6.07) is 18.0. The van der Waals surface area contributed by atoms with E-state index in [-0.39, 0.29) is 10.8 Å². The molecule has 7 rings (SSSR count). The van der Waals surface area contributed by atoms with E-state index < -0.39 is 0 Å². The van der Waals surface area contributed by atoms with Crippen LogP contribution in [0.15, 0.2) is 72.8 Å². The van der Waals surface area contributed by atoms with Crippen molar-refractivity contribution >= 4 is 22.3 Å². The van der Waals surface area contributed by atoms with Crippen molar-refractivity contribution in [3.8, 4) is 0 Å². The molecule has 0 saturated heterocycles. The number of hydrogen-bond acceptors (Lipinski definition) is 0. The second-order valence-corrected chi connectivity index (χ2v) is 7.40. The summed E-state index contributed by atoms with van der Waals surface area (Å²) < 4.78 is 0. The first kappa shape index (κ1) is 11.0. The second kappa shape index (κ2) is 3.05. The molecule has 0 unspecified atom stereocenters. The van der Waals surface area contributed by atoms with Crippen molar-refractivity contribution in [3.05, 3.63) is 93.7 Å². The molecular formula is C23H14. The van der Waals surface area contributed by atoms with E-state index in [2.05, 4.69) is 72.8 Å². The van der Waals surface area contributed by atoms with Crippen molar-refractivity contribution < 1.29 is 0 Å². The standard InChI is InChI=1S/C23H14/c1-2-6-15-14(5-1)18-9-10-20-16-7-3-4-8-17(16)21-12-11-19(15)22(18)13-23(20,21)22/h1-12H,13H2. The molecule has 0 N–H and O–H groups in total. The van der Waals surface area contributed by atoms with E-state index in [0.717, 1.165) is 0 Å². The van der Waals surface area contributed by atoms with Gasteiger partial charge in [0.2, 0.25) is 0 Å². The van der Waals surface area contributed by atoms with Gasteiger partial charge in [-0.1, -0.05) is 72.8 Å². The van der Waals surface area contributed by atoms with Crippen LogP contribution >= 0.6 is 0 Å². The third-order valence-corrected chi connectivity index (χ3v) is 6.82. The minimum absolute atomic E-state index is 0.226. The fourth-order valence-electron chi connectivity index (χ4n) is 6.03. The van der Waals surface area contributed by atoms with Gasteiger partial charge in [-0.15, -0.1) is 0 Å². The zero-order valence-electron chi connectivity index (χ0n) is 12.6. The summed E-state index contributed by atoms with van der Waals surface area (Å²) in [5, 5.41) is 5.82. The van der Waals surface area contributed by atoms with Crippen LogP contribution in [0.3, 0.4) is 0 Å². The highest BCUT2D eigenvalue weighted by atomic mass is 14.8. The lowest BCUT2D eigenvalue weighted by Crippen LogP contribution is -2.23. The van der Waals surface area contributed by atoms with Crippen LogP contribution in [0, 0.1) is 10.8 Å². The fraction of sp³-hybridized carbons (Fsp3) is 0.130. The molecule has 5 aliphatic rings. The number of hydrogen-bond donors (Lipinski definition) is 0. The van der Waals surface area contributed by atoms with Gasteiger partial charge in [-0.3, -0.25) is 0 Å². The van der Waals surface area contributed by atoms with Crippen LogP contribution in [0.1, 0.15) is 6.42 Å². The summed E-state index contributed by atoms with van der Waals surface area (Å²) in [6.07, 6.45) is 10.9. The molecule has 0 radical (unpaired) electrons. The summed E-state index contributed by atoms with van der Waals surface area (Å²) in [5.74, 6) is 0. The quantitative estimate of drug-likeness (QED) is 0.690. The van der Waals surface area contributed by atoms with Crippen molar-refractivity contribution in [1.29, 1.82) is 0 Å². The molecule has 2 aromatic rings. The van der Waals surface area contributed by atoms with Crippen molar-refractivity contribution in [1.82, 2.24) is 0 Å². The molecule has 0 heteroatoms. The zero-order chi connectivity index (χ0) is 14.8. The predicted octanol–water partition coefficient (Wildman–Crippen LogP) is 1.53. The monoisotopic (exact) mass is 290 g/mol. The molecule has 0 atom stereocenters. The lowest BCUT2D eigenvalue weighted by molar-refractivity contribution is 0.746. The number of fused-ring (bicyclic) bond motifs is 2. The van der Waals surface area contributed by atoms with Gasteiger partial charge >= 0.3 is 0 Å². The molecule has 0 aliphatic heterocycles. The van der Waals surface area contributed by atoms with Gasteiger partial charge in [0.15, 0.2) is 0 Å². The van der Waals surface area contributed by atoms with Crippen LogP contribution in [-0.4, -0.2) is 0 Å².